The lowest BCUT2D eigenvalue weighted by molar-refractivity contribution is 0.686. The molecule has 1 atom stereocenters. The van der Waals surface area contributed by atoms with E-state index in [0.29, 0.717) is 5.71 Å². The molecule has 0 aromatic carbocycles. The van der Waals surface area contributed by atoms with Crippen molar-refractivity contribution in [3.63, 3.8) is 0 Å². The number of hydrogen-bond acceptors (Lipinski definition) is 2. The molecule has 1 heterocycles. The van der Waals surface area contributed by atoms with E-state index < -0.39 is 11.2 Å². The number of rotatable bonds is 0. The molecule has 0 aromatic rings. The van der Waals surface area contributed by atoms with Crippen LogP contribution in [-0.4, -0.2) is 15.8 Å². The van der Waals surface area contributed by atoms with E-state index in [1.54, 1.807) is 6.92 Å². The molecule has 1 rings (SSSR count). The Bertz CT molecular complexity index is 175. The second kappa shape index (κ2) is 1.66. The monoisotopic (exact) mass is 131 g/mol. The first-order valence-electron chi connectivity index (χ1n) is 2.02. The zero-order valence-electron chi connectivity index (χ0n) is 4.29. The largest absolute Gasteiger partial charge is 0.382 e. The van der Waals surface area contributed by atoms with Crippen molar-refractivity contribution < 1.29 is 4.21 Å². The molecule has 0 saturated heterocycles. The van der Waals surface area contributed by atoms with Gasteiger partial charge in [-0.2, -0.15) is 4.40 Å². The summed E-state index contributed by atoms with van der Waals surface area (Å²) in [5.74, 6) is 0.281. The van der Waals surface area contributed by atoms with Crippen LogP contribution in [0.5, 0.6) is 0 Å². The van der Waals surface area contributed by atoms with Gasteiger partial charge >= 0.3 is 0 Å². The number of nitrogens with two attached hydrogens (primary N) is 1. The van der Waals surface area contributed by atoms with Gasteiger partial charge in [-0.15, -0.1) is 4.40 Å². The molecule has 8 heavy (non-hydrogen) atoms. The molecule has 1 aliphatic heterocycles. The molecule has 1 unspecified atom stereocenters. The minimum atomic E-state index is -1.43. The quantitative estimate of drug-likeness (QED) is 0.477. The fourth-order valence-corrected chi connectivity index (χ4v) is 1.00. The van der Waals surface area contributed by atoms with Crippen molar-refractivity contribution in [3.8, 4) is 0 Å². The van der Waals surface area contributed by atoms with Gasteiger partial charge in [0.05, 0.1) is 5.71 Å². The molecule has 0 fully saturated rings. The molecule has 1 aliphatic rings. The van der Waals surface area contributed by atoms with Crippen LogP contribution in [0.3, 0.4) is 0 Å². The van der Waals surface area contributed by atoms with Crippen LogP contribution >= 0.6 is 0 Å². The molecule has 0 bridgehead atoms. The molecule has 2 N–H and O–H groups in total. The summed E-state index contributed by atoms with van der Waals surface area (Å²) in [6.07, 6.45) is 0. The zero-order chi connectivity index (χ0) is 6.15. The summed E-state index contributed by atoms with van der Waals surface area (Å²) in [5, 5.41) is 0. The maximum Gasteiger partial charge on any atom is 0.267 e. The highest BCUT2D eigenvalue weighted by Gasteiger charge is 2.08. The van der Waals surface area contributed by atoms with Crippen LogP contribution in [-0.2, 0) is 11.2 Å². The first-order chi connectivity index (χ1) is 3.70. The topological polar surface area (TPSA) is 67.8 Å². The lowest BCUT2D eigenvalue weighted by Crippen LogP contribution is -2.17. The average molecular weight is 131 g/mol. The Labute approximate surface area is 49.2 Å². The third-order valence-corrected chi connectivity index (χ3v) is 1.55. The maximum absolute atomic E-state index is 10.3. The van der Waals surface area contributed by atoms with Crippen LogP contribution in [0.4, 0.5) is 0 Å². The van der Waals surface area contributed by atoms with Gasteiger partial charge in [-0.3, -0.25) is 0 Å². The Morgan fingerprint density at radius 2 is 2.25 bits per heavy atom. The molecule has 44 valence electrons. The van der Waals surface area contributed by atoms with Gasteiger partial charge in [-0.05, 0) is 6.92 Å². The third-order valence-electron chi connectivity index (χ3n) is 0.762. The van der Waals surface area contributed by atoms with Gasteiger partial charge in [-0.1, -0.05) is 0 Å². The van der Waals surface area contributed by atoms with E-state index in [4.69, 9.17) is 5.73 Å². The summed E-state index contributed by atoms with van der Waals surface area (Å²) in [5.41, 5.74) is 5.75. The third kappa shape index (κ3) is 0.764. The summed E-state index contributed by atoms with van der Waals surface area (Å²) in [4.78, 5) is 0. The second-order valence-electron chi connectivity index (χ2n) is 1.38. The Morgan fingerprint density at radius 3 is 2.38 bits per heavy atom. The number of hydrogen-bond donors (Lipinski definition) is 1. The van der Waals surface area contributed by atoms with Gasteiger partial charge in [0.15, 0.2) is 5.84 Å². The smallest absolute Gasteiger partial charge is 0.267 e. The van der Waals surface area contributed by atoms with Crippen molar-refractivity contribution in [1.82, 2.24) is 0 Å². The van der Waals surface area contributed by atoms with Crippen LogP contribution in [0.15, 0.2) is 8.80 Å². The van der Waals surface area contributed by atoms with E-state index in [9.17, 15) is 4.21 Å². The van der Waals surface area contributed by atoms with Gasteiger partial charge in [0.2, 0.25) is 0 Å². The summed E-state index contributed by atoms with van der Waals surface area (Å²) >= 11 is -1.43. The highest BCUT2D eigenvalue weighted by molar-refractivity contribution is 7.83. The van der Waals surface area contributed by atoms with E-state index in [1.165, 1.54) is 0 Å². The molecule has 0 aromatic heterocycles. The van der Waals surface area contributed by atoms with E-state index in [0.717, 1.165) is 0 Å². The standard InChI is InChI=1S/C3H5N3OS/c1-2-3(4)6-8(7)5-2/h1H3,(H2,4,6). The first kappa shape index (κ1) is 5.43. The normalized spacial score (nSPS) is 27.4. The summed E-state index contributed by atoms with van der Waals surface area (Å²) in [7, 11) is 0. The van der Waals surface area contributed by atoms with Gasteiger partial charge in [-0.25, -0.2) is 4.21 Å². The minimum absolute atomic E-state index is 0.281. The second-order valence-corrected chi connectivity index (χ2v) is 2.21. The van der Waals surface area contributed by atoms with Crippen LogP contribution in [0.1, 0.15) is 6.92 Å². The molecule has 0 radical (unpaired) electrons. The molecular formula is C3H5N3OS. The summed E-state index contributed by atoms with van der Waals surface area (Å²) in [6.45, 7) is 1.67. The zero-order valence-corrected chi connectivity index (χ0v) is 5.10. The fraction of sp³-hybridized carbons (Fsp3) is 0.333. The van der Waals surface area contributed by atoms with Crippen LogP contribution < -0.4 is 5.73 Å². The molecule has 0 amide bonds. The van der Waals surface area contributed by atoms with E-state index in [2.05, 4.69) is 8.80 Å². The van der Waals surface area contributed by atoms with Crippen molar-refractivity contribution in [2.45, 2.75) is 6.92 Å². The van der Waals surface area contributed by atoms with E-state index in [1.807, 2.05) is 0 Å². The molecule has 0 spiro atoms. The molecule has 0 aliphatic carbocycles. The molecule has 5 heteroatoms. The molecular weight excluding hydrogens is 126 g/mol. The predicted molar refractivity (Wildman–Crippen MR) is 32.9 cm³/mol. The van der Waals surface area contributed by atoms with Crippen molar-refractivity contribution >= 4 is 22.7 Å². The summed E-state index contributed by atoms with van der Waals surface area (Å²) in [6, 6.07) is 0. The maximum atomic E-state index is 10.3. The summed E-state index contributed by atoms with van der Waals surface area (Å²) < 4.78 is 17.3. The average Bonchev–Trinajstić information content (AvgIpc) is 1.85. The van der Waals surface area contributed by atoms with Crippen molar-refractivity contribution in [2.75, 3.05) is 0 Å². The van der Waals surface area contributed by atoms with Crippen molar-refractivity contribution in [1.29, 1.82) is 0 Å². The van der Waals surface area contributed by atoms with Gasteiger partial charge in [0.1, 0.15) is 0 Å². The predicted octanol–water partition coefficient (Wildman–Crippen LogP) is -0.603. The first-order valence-corrected chi connectivity index (χ1v) is 3.08. The van der Waals surface area contributed by atoms with Crippen molar-refractivity contribution in [3.05, 3.63) is 0 Å². The van der Waals surface area contributed by atoms with Gasteiger partial charge in [0, 0.05) is 0 Å². The van der Waals surface area contributed by atoms with E-state index in [-0.39, 0.29) is 5.84 Å². The Morgan fingerprint density at radius 1 is 1.62 bits per heavy atom. The Hall–Kier alpha value is -0.710. The highest BCUT2D eigenvalue weighted by Crippen LogP contribution is 1.96. The van der Waals surface area contributed by atoms with Gasteiger partial charge < -0.3 is 5.73 Å². The Balaban J connectivity index is 2.98. The SMILES string of the molecule is CC1=NS(=O)N=C1N. The minimum Gasteiger partial charge on any atom is -0.382 e. The van der Waals surface area contributed by atoms with Gasteiger partial charge in [0.25, 0.3) is 11.2 Å². The number of amidine groups is 1. The lowest BCUT2D eigenvalue weighted by atomic mass is 10.4. The lowest BCUT2D eigenvalue weighted by Gasteiger charge is -1.81. The van der Waals surface area contributed by atoms with Crippen LogP contribution in [0, 0.1) is 0 Å². The van der Waals surface area contributed by atoms with Crippen molar-refractivity contribution in [2.24, 2.45) is 14.5 Å². The number of nitrogens with zero attached hydrogens (tertiary/aromatic N) is 2. The van der Waals surface area contributed by atoms with Crippen LogP contribution in [0.25, 0.3) is 0 Å². The van der Waals surface area contributed by atoms with Crippen LogP contribution in [0.2, 0.25) is 0 Å². The fourth-order valence-electron chi connectivity index (χ4n) is 0.335. The van der Waals surface area contributed by atoms with E-state index >= 15 is 0 Å². The molecule has 0 saturated carbocycles. The highest BCUT2D eigenvalue weighted by atomic mass is 32.2. The molecule has 4 nitrogen and oxygen atoms in total. The Kier molecular flexibility index (Phi) is 1.13.